The van der Waals surface area contributed by atoms with Gasteiger partial charge >= 0.3 is 0 Å². The van der Waals surface area contributed by atoms with Crippen molar-refractivity contribution in [3.05, 3.63) is 17.2 Å². The van der Waals surface area contributed by atoms with Gasteiger partial charge in [-0.25, -0.2) is 4.98 Å². The van der Waals surface area contributed by atoms with E-state index >= 15 is 0 Å². The Bertz CT molecular complexity index is 370. The number of hydrogen-bond donors (Lipinski definition) is 1. The van der Waals surface area contributed by atoms with Crippen molar-refractivity contribution in [2.24, 2.45) is 7.05 Å². The Kier molecular flexibility index (Phi) is 5.29. The fourth-order valence-electron chi connectivity index (χ4n) is 2.92. The van der Waals surface area contributed by atoms with Crippen molar-refractivity contribution in [2.75, 3.05) is 6.54 Å². The van der Waals surface area contributed by atoms with Crippen LogP contribution < -0.4 is 5.32 Å². The third-order valence-electron chi connectivity index (χ3n) is 3.78. The third kappa shape index (κ3) is 2.61. The Morgan fingerprint density at radius 2 is 1.94 bits per heavy atom. The second-order valence-corrected chi connectivity index (χ2v) is 4.78. The molecule has 2 heterocycles. The zero-order chi connectivity index (χ0) is 10.3. The van der Waals surface area contributed by atoms with Crippen LogP contribution in [0.5, 0.6) is 0 Å². The first kappa shape index (κ1) is 14.8. The van der Waals surface area contributed by atoms with Gasteiger partial charge in [0, 0.05) is 12.7 Å². The number of hydrogen-bond acceptors (Lipinski definition) is 2. The van der Waals surface area contributed by atoms with Crippen LogP contribution in [0.25, 0.3) is 0 Å². The van der Waals surface area contributed by atoms with Crippen molar-refractivity contribution >= 4 is 24.8 Å². The number of fused-ring (bicyclic) bond motifs is 1. The predicted molar refractivity (Wildman–Crippen MR) is 74.3 cm³/mol. The van der Waals surface area contributed by atoms with Gasteiger partial charge in [0.25, 0.3) is 0 Å². The van der Waals surface area contributed by atoms with E-state index in [1.807, 2.05) is 0 Å². The monoisotopic (exact) mass is 277 g/mol. The smallest absolute Gasteiger partial charge is 0.126 e. The summed E-state index contributed by atoms with van der Waals surface area (Å²) in [5.41, 5.74) is 2.86. The zero-order valence-corrected chi connectivity index (χ0v) is 11.9. The number of aromatic nitrogens is 2. The second kappa shape index (κ2) is 6.07. The molecule has 3 rings (SSSR count). The molecule has 1 unspecified atom stereocenters. The molecule has 1 fully saturated rings. The Morgan fingerprint density at radius 1 is 1.18 bits per heavy atom. The summed E-state index contributed by atoms with van der Waals surface area (Å²) >= 11 is 0. The highest BCUT2D eigenvalue weighted by Crippen LogP contribution is 2.27. The number of nitrogens with one attached hydrogen (secondary N) is 1. The van der Waals surface area contributed by atoms with Crippen molar-refractivity contribution in [2.45, 2.75) is 44.6 Å². The van der Waals surface area contributed by atoms with E-state index in [4.69, 9.17) is 4.98 Å². The van der Waals surface area contributed by atoms with Crippen LogP contribution in [0.1, 0.15) is 48.9 Å². The Balaban J connectivity index is 0.000000722. The van der Waals surface area contributed by atoms with Crippen LogP contribution in [0.4, 0.5) is 0 Å². The summed E-state index contributed by atoms with van der Waals surface area (Å²) in [6.45, 7) is 1.15. The zero-order valence-electron chi connectivity index (χ0n) is 10.2. The summed E-state index contributed by atoms with van der Waals surface area (Å²) in [4.78, 5) is 4.83. The average Bonchev–Trinajstić information content (AvgIpc) is 2.87. The molecular weight excluding hydrogens is 257 g/mol. The summed E-state index contributed by atoms with van der Waals surface area (Å²) < 4.78 is 2.34. The van der Waals surface area contributed by atoms with Gasteiger partial charge in [-0.3, -0.25) is 0 Å². The minimum Gasteiger partial charge on any atom is -0.334 e. The molecule has 0 spiro atoms. The highest BCUT2D eigenvalue weighted by molar-refractivity contribution is 5.85. The number of imidazole rings is 1. The van der Waals surface area contributed by atoms with E-state index in [1.54, 1.807) is 0 Å². The van der Waals surface area contributed by atoms with Crippen LogP contribution in [-0.2, 0) is 19.9 Å². The molecule has 0 bridgehead atoms. The maximum Gasteiger partial charge on any atom is 0.126 e. The predicted octanol–water partition coefficient (Wildman–Crippen LogP) is 2.57. The SMILES string of the molecule is Cl.Cl.Cn1c(C2CCCN2)nc2c1CCCC2. The van der Waals surface area contributed by atoms with E-state index < -0.39 is 0 Å². The summed E-state index contributed by atoms with van der Waals surface area (Å²) in [6, 6.07) is 0.514. The quantitative estimate of drug-likeness (QED) is 0.855. The summed E-state index contributed by atoms with van der Waals surface area (Å²) in [5, 5.41) is 3.54. The first-order valence-electron chi connectivity index (χ1n) is 6.14. The van der Waals surface area contributed by atoms with Crippen LogP contribution in [0.15, 0.2) is 0 Å². The van der Waals surface area contributed by atoms with E-state index in [2.05, 4.69) is 16.9 Å². The molecule has 0 amide bonds. The van der Waals surface area contributed by atoms with Crippen LogP contribution in [-0.4, -0.2) is 16.1 Å². The first-order chi connectivity index (χ1) is 7.36. The molecule has 3 nitrogen and oxygen atoms in total. The summed E-state index contributed by atoms with van der Waals surface area (Å²) in [5.74, 6) is 1.28. The maximum absolute atomic E-state index is 4.83. The van der Waals surface area contributed by atoms with E-state index in [1.165, 1.54) is 55.7 Å². The van der Waals surface area contributed by atoms with Gasteiger partial charge in [-0.2, -0.15) is 0 Å². The van der Waals surface area contributed by atoms with Gasteiger partial charge in [-0.15, -0.1) is 24.8 Å². The van der Waals surface area contributed by atoms with E-state index in [0.29, 0.717) is 6.04 Å². The largest absolute Gasteiger partial charge is 0.334 e. The summed E-state index contributed by atoms with van der Waals surface area (Å²) in [6.07, 6.45) is 7.62. The second-order valence-electron chi connectivity index (χ2n) is 4.78. The number of halogens is 2. The Morgan fingerprint density at radius 3 is 2.59 bits per heavy atom. The first-order valence-corrected chi connectivity index (χ1v) is 6.14. The molecule has 5 heteroatoms. The van der Waals surface area contributed by atoms with Gasteiger partial charge in [0.1, 0.15) is 5.82 Å². The Hall–Kier alpha value is -0.250. The highest BCUT2D eigenvalue weighted by atomic mass is 35.5. The molecule has 1 saturated heterocycles. The lowest BCUT2D eigenvalue weighted by atomic mass is 10.0. The minimum atomic E-state index is 0. The van der Waals surface area contributed by atoms with Crippen LogP contribution in [0.2, 0.25) is 0 Å². The van der Waals surface area contributed by atoms with Crippen molar-refractivity contribution in [3.8, 4) is 0 Å². The van der Waals surface area contributed by atoms with Gasteiger partial charge in [0.15, 0.2) is 0 Å². The van der Waals surface area contributed by atoms with Crippen molar-refractivity contribution in [1.82, 2.24) is 14.9 Å². The molecule has 0 radical (unpaired) electrons. The topological polar surface area (TPSA) is 29.9 Å². The highest BCUT2D eigenvalue weighted by Gasteiger charge is 2.25. The average molecular weight is 278 g/mol. The molecule has 0 aromatic carbocycles. The molecule has 98 valence electrons. The normalized spacial score (nSPS) is 22.5. The van der Waals surface area contributed by atoms with E-state index in [0.717, 1.165) is 6.54 Å². The van der Waals surface area contributed by atoms with E-state index in [9.17, 15) is 0 Å². The van der Waals surface area contributed by atoms with Crippen LogP contribution in [0, 0.1) is 0 Å². The van der Waals surface area contributed by atoms with Gasteiger partial charge in [-0.05, 0) is 45.1 Å². The molecular formula is C12H21Cl2N3. The summed E-state index contributed by atoms with van der Waals surface area (Å²) in [7, 11) is 2.19. The molecule has 1 aliphatic heterocycles. The van der Waals surface area contributed by atoms with Gasteiger partial charge in [-0.1, -0.05) is 0 Å². The molecule has 2 aliphatic rings. The minimum absolute atomic E-state index is 0. The number of nitrogens with zero attached hydrogens (tertiary/aromatic N) is 2. The van der Waals surface area contributed by atoms with Gasteiger partial charge in [0.2, 0.25) is 0 Å². The molecule has 1 atom stereocenters. The van der Waals surface area contributed by atoms with Gasteiger partial charge in [0.05, 0.1) is 11.7 Å². The lowest BCUT2D eigenvalue weighted by Crippen LogP contribution is -2.17. The van der Waals surface area contributed by atoms with Crippen molar-refractivity contribution in [1.29, 1.82) is 0 Å². The van der Waals surface area contributed by atoms with Crippen LogP contribution >= 0.6 is 24.8 Å². The molecule has 1 aromatic heterocycles. The lowest BCUT2D eigenvalue weighted by molar-refractivity contribution is 0.570. The van der Waals surface area contributed by atoms with E-state index in [-0.39, 0.29) is 24.8 Å². The number of rotatable bonds is 1. The van der Waals surface area contributed by atoms with Crippen molar-refractivity contribution in [3.63, 3.8) is 0 Å². The lowest BCUT2D eigenvalue weighted by Gasteiger charge is -2.13. The fraction of sp³-hybridized carbons (Fsp3) is 0.750. The fourth-order valence-corrected chi connectivity index (χ4v) is 2.92. The van der Waals surface area contributed by atoms with Crippen LogP contribution in [0.3, 0.4) is 0 Å². The number of aryl methyl sites for hydroxylation is 1. The maximum atomic E-state index is 4.83. The third-order valence-corrected chi connectivity index (χ3v) is 3.78. The molecule has 1 aliphatic carbocycles. The Labute approximate surface area is 115 Å². The molecule has 1 aromatic rings. The molecule has 1 N–H and O–H groups in total. The van der Waals surface area contributed by atoms with Gasteiger partial charge < -0.3 is 9.88 Å². The molecule has 0 saturated carbocycles. The molecule has 17 heavy (non-hydrogen) atoms. The standard InChI is InChI=1S/C12H19N3.2ClH/c1-15-11-7-3-2-5-9(11)14-12(15)10-6-4-8-13-10;;/h10,13H,2-8H2,1H3;2*1H. The van der Waals surface area contributed by atoms with Crippen molar-refractivity contribution < 1.29 is 0 Å².